The van der Waals surface area contributed by atoms with Crippen LogP contribution in [0.15, 0.2) is 23.4 Å². The Balaban J connectivity index is 2.27. The molecule has 0 fully saturated rings. The first-order valence-corrected chi connectivity index (χ1v) is 7.08. The van der Waals surface area contributed by atoms with Gasteiger partial charge in [0.05, 0.1) is 6.54 Å². The van der Waals surface area contributed by atoms with Crippen LogP contribution in [-0.2, 0) is 23.6 Å². The molecule has 1 heterocycles. The number of hydrogen-bond donors (Lipinski definition) is 1. The van der Waals surface area contributed by atoms with E-state index in [0.29, 0.717) is 11.9 Å². The lowest BCUT2D eigenvalue weighted by Gasteiger charge is -2.08. The summed E-state index contributed by atoms with van der Waals surface area (Å²) in [4.78, 5) is -0.599. The van der Waals surface area contributed by atoms with Gasteiger partial charge in [-0.05, 0) is 18.6 Å². The molecule has 0 aliphatic heterocycles. The summed E-state index contributed by atoms with van der Waals surface area (Å²) in [5, 5.41) is 7.29. The molecule has 1 aromatic heterocycles. The maximum Gasteiger partial charge on any atom is 0.243 e. The Morgan fingerprint density at radius 2 is 2.00 bits per heavy atom. The first-order valence-electron chi connectivity index (χ1n) is 5.59. The van der Waals surface area contributed by atoms with Crippen LogP contribution >= 0.6 is 0 Å². The number of nitrogens with zero attached hydrogens (tertiary/aromatic N) is 3. The third-order valence-corrected chi connectivity index (χ3v) is 4.14. The lowest BCUT2D eigenvalue weighted by atomic mass is 10.2. The summed E-state index contributed by atoms with van der Waals surface area (Å²) >= 11 is 0. The Morgan fingerprint density at radius 3 is 2.60 bits per heavy atom. The molecule has 2 rings (SSSR count). The minimum Gasteiger partial charge on any atom is -0.320 e. The molecule has 108 valence electrons. The Bertz CT molecular complexity index is 743. The van der Waals surface area contributed by atoms with Crippen molar-refractivity contribution in [3.05, 3.63) is 41.5 Å². The van der Waals surface area contributed by atoms with E-state index in [-0.39, 0.29) is 12.1 Å². The average Bonchev–Trinajstić information content (AvgIpc) is 2.77. The number of benzene rings is 1. The van der Waals surface area contributed by atoms with E-state index in [4.69, 9.17) is 0 Å². The van der Waals surface area contributed by atoms with Gasteiger partial charge in [-0.1, -0.05) is 0 Å². The zero-order valence-corrected chi connectivity index (χ0v) is 11.6. The molecule has 0 unspecified atom stereocenters. The highest BCUT2D eigenvalue weighted by atomic mass is 32.2. The number of halogens is 2. The summed E-state index contributed by atoms with van der Waals surface area (Å²) < 4.78 is 54.4. The number of nitrogens with one attached hydrogen (secondary N) is 1. The molecule has 0 bridgehead atoms. The minimum atomic E-state index is -4.10. The van der Waals surface area contributed by atoms with Crippen LogP contribution in [0.3, 0.4) is 0 Å². The van der Waals surface area contributed by atoms with E-state index in [9.17, 15) is 17.2 Å². The van der Waals surface area contributed by atoms with Gasteiger partial charge in [0.15, 0.2) is 0 Å². The standard InChI is InChI=1S/C11H12F2N4O2S/c1-7-3-10(9(13)4-8(7)12)20(18,19)15-5-11-16-14-6-17(11)2/h3-4,6,15H,5H2,1-2H3. The van der Waals surface area contributed by atoms with Crippen molar-refractivity contribution < 1.29 is 17.2 Å². The van der Waals surface area contributed by atoms with Crippen LogP contribution in [0, 0.1) is 18.6 Å². The second-order valence-electron chi connectivity index (χ2n) is 4.21. The Labute approximate surface area is 114 Å². The van der Waals surface area contributed by atoms with E-state index in [1.807, 2.05) is 0 Å². The fourth-order valence-electron chi connectivity index (χ4n) is 1.54. The predicted molar refractivity (Wildman–Crippen MR) is 66.1 cm³/mol. The zero-order chi connectivity index (χ0) is 14.9. The van der Waals surface area contributed by atoms with Crippen molar-refractivity contribution in [3.8, 4) is 0 Å². The van der Waals surface area contributed by atoms with Crippen molar-refractivity contribution in [2.24, 2.45) is 7.05 Å². The number of sulfonamides is 1. The fourth-order valence-corrected chi connectivity index (χ4v) is 2.66. The molecular weight excluding hydrogens is 290 g/mol. The van der Waals surface area contributed by atoms with Crippen LogP contribution < -0.4 is 4.72 Å². The van der Waals surface area contributed by atoms with Gasteiger partial charge in [-0.15, -0.1) is 10.2 Å². The Morgan fingerprint density at radius 1 is 1.30 bits per heavy atom. The van der Waals surface area contributed by atoms with Gasteiger partial charge in [-0.25, -0.2) is 21.9 Å². The largest absolute Gasteiger partial charge is 0.320 e. The summed E-state index contributed by atoms with van der Waals surface area (Å²) in [6.45, 7) is 1.21. The van der Waals surface area contributed by atoms with Crippen LogP contribution in [0.4, 0.5) is 8.78 Å². The lowest BCUT2D eigenvalue weighted by Crippen LogP contribution is -2.25. The van der Waals surface area contributed by atoms with Gasteiger partial charge in [0.25, 0.3) is 0 Å². The number of aromatic nitrogens is 3. The van der Waals surface area contributed by atoms with Gasteiger partial charge < -0.3 is 4.57 Å². The van der Waals surface area contributed by atoms with E-state index in [2.05, 4.69) is 14.9 Å². The molecule has 9 heteroatoms. The molecule has 0 spiro atoms. The molecule has 20 heavy (non-hydrogen) atoms. The van der Waals surface area contributed by atoms with Crippen molar-refractivity contribution >= 4 is 10.0 Å². The summed E-state index contributed by atoms with van der Waals surface area (Å²) in [6, 6.07) is 1.50. The number of aryl methyl sites for hydroxylation is 2. The minimum absolute atomic E-state index is 0.0467. The second-order valence-corrected chi connectivity index (χ2v) is 5.95. The van der Waals surface area contributed by atoms with Gasteiger partial charge in [0, 0.05) is 13.1 Å². The lowest BCUT2D eigenvalue weighted by molar-refractivity contribution is 0.538. The molecule has 0 amide bonds. The van der Waals surface area contributed by atoms with Crippen LogP contribution in [0.2, 0.25) is 0 Å². The maximum absolute atomic E-state index is 13.6. The molecule has 1 aromatic carbocycles. The second kappa shape index (κ2) is 5.25. The van der Waals surface area contributed by atoms with E-state index < -0.39 is 26.6 Å². The van der Waals surface area contributed by atoms with Crippen molar-refractivity contribution in [2.75, 3.05) is 0 Å². The van der Waals surface area contributed by atoms with Crippen LogP contribution in [0.1, 0.15) is 11.4 Å². The molecule has 2 aromatic rings. The fraction of sp³-hybridized carbons (Fsp3) is 0.273. The molecule has 0 saturated heterocycles. The first kappa shape index (κ1) is 14.5. The molecule has 6 nitrogen and oxygen atoms in total. The third-order valence-electron chi connectivity index (χ3n) is 2.73. The molecule has 0 aliphatic carbocycles. The highest BCUT2D eigenvalue weighted by Gasteiger charge is 2.21. The van der Waals surface area contributed by atoms with Gasteiger partial charge in [-0.3, -0.25) is 0 Å². The highest BCUT2D eigenvalue weighted by Crippen LogP contribution is 2.18. The Kier molecular flexibility index (Phi) is 3.82. The highest BCUT2D eigenvalue weighted by molar-refractivity contribution is 7.89. The summed E-state index contributed by atoms with van der Waals surface area (Å²) in [6.07, 6.45) is 1.41. The maximum atomic E-state index is 13.6. The summed E-state index contributed by atoms with van der Waals surface area (Å²) in [5.41, 5.74) is 0.0467. The smallest absolute Gasteiger partial charge is 0.243 e. The zero-order valence-electron chi connectivity index (χ0n) is 10.8. The Hall–Kier alpha value is -1.87. The van der Waals surface area contributed by atoms with Crippen LogP contribution in [0.5, 0.6) is 0 Å². The van der Waals surface area contributed by atoms with E-state index >= 15 is 0 Å². The van der Waals surface area contributed by atoms with Gasteiger partial charge in [-0.2, -0.15) is 0 Å². The predicted octanol–water partition coefficient (Wildman–Crippen LogP) is 0.880. The number of rotatable bonds is 4. The van der Waals surface area contributed by atoms with Crippen molar-refractivity contribution in [1.82, 2.24) is 19.5 Å². The first-order chi connectivity index (χ1) is 9.31. The molecule has 0 saturated carbocycles. The quantitative estimate of drug-likeness (QED) is 0.909. The SMILES string of the molecule is Cc1cc(S(=O)(=O)NCc2nncn2C)c(F)cc1F. The van der Waals surface area contributed by atoms with Crippen molar-refractivity contribution in [1.29, 1.82) is 0 Å². The average molecular weight is 302 g/mol. The van der Waals surface area contributed by atoms with E-state index in [1.54, 1.807) is 7.05 Å². The molecular formula is C11H12F2N4O2S. The third kappa shape index (κ3) is 2.83. The van der Waals surface area contributed by atoms with Gasteiger partial charge in [0.2, 0.25) is 10.0 Å². The molecule has 0 radical (unpaired) electrons. The van der Waals surface area contributed by atoms with E-state index in [0.717, 1.165) is 6.07 Å². The number of hydrogen-bond acceptors (Lipinski definition) is 4. The monoisotopic (exact) mass is 302 g/mol. The van der Waals surface area contributed by atoms with Crippen LogP contribution in [-0.4, -0.2) is 23.2 Å². The van der Waals surface area contributed by atoms with Crippen LogP contribution in [0.25, 0.3) is 0 Å². The normalized spacial score (nSPS) is 11.8. The summed E-state index contributed by atoms with van der Waals surface area (Å²) in [5.74, 6) is -1.57. The van der Waals surface area contributed by atoms with Crippen molar-refractivity contribution in [2.45, 2.75) is 18.4 Å². The topological polar surface area (TPSA) is 76.9 Å². The summed E-state index contributed by atoms with van der Waals surface area (Å²) in [7, 11) is -2.45. The van der Waals surface area contributed by atoms with E-state index in [1.165, 1.54) is 17.8 Å². The molecule has 1 N–H and O–H groups in total. The van der Waals surface area contributed by atoms with Gasteiger partial charge >= 0.3 is 0 Å². The van der Waals surface area contributed by atoms with Crippen molar-refractivity contribution in [3.63, 3.8) is 0 Å². The molecule has 0 atom stereocenters. The molecule has 0 aliphatic rings. The van der Waals surface area contributed by atoms with Gasteiger partial charge in [0.1, 0.15) is 28.7 Å².